The topological polar surface area (TPSA) is 29.1 Å². The van der Waals surface area contributed by atoms with Crippen molar-refractivity contribution in [3.63, 3.8) is 0 Å². The molecule has 2 aromatic rings. The lowest BCUT2D eigenvalue weighted by molar-refractivity contribution is -0.125. The minimum atomic E-state index is -1.09. The molecule has 0 saturated carbocycles. The first-order chi connectivity index (χ1) is 14.4. The molecule has 3 rings (SSSR count). The molecule has 1 aliphatic rings. The second kappa shape index (κ2) is 10.1. The zero-order valence-electron chi connectivity index (χ0n) is 17.6. The number of halogens is 3. The predicted molar refractivity (Wildman–Crippen MR) is 114 cm³/mol. The number of unbranched alkanes of at least 4 members (excludes halogenated alkanes) is 6. The number of amides is 1. The second-order valence-electron chi connectivity index (χ2n) is 8.47. The van der Waals surface area contributed by atoms with Crippen LogP contribution < -0.4 is 5.32 Å². The first-order valence-electron chi connectivity index (χ1n) is 11.0. The number of carbonyl (C=O) groups excluding carboxylic acids is 1. The maximum absolute atomic E-state index is 14.1. The second-order valence-corrected chi connectivity index (χ2v) is 8.47. The zero-order chi connectivity index (χ0) is 21.6. The van der Waals surface area contributed by atoms with Gasteiger partial charge in [0.25, 0.3) is 0 Å². The molecule has 0 spiro atoms. The molecule has 2 nitrogen and oxygen atoms in total. The molecule has 0 saturated heterocycles. The Balaban J connectivity index is 1.71. The smallest absolute Gasteiger partial charge is 0.231 e. The van der Waals surface area contributed by atoms with Crippen molar-refractivity contribution in [2.24, 2.45) is 5.41 Å². The van der Waals surface area contributed by atoms with E-state index >= 15 is 0 Å². The third kappa shape index (κ3) is 5.24. The lowest BCUT2D eigenvalue weighted by Gasteiger charge is -2.28. The summed E-state index contributed by atoms with van der Waals surface area (Å²) in [5, 5.41) is 2.44. The molecular weight excluding hydrogens is 387 g/mol. The fourth-order valence-corrected chi connectivity index (χ4v) is 4.47. The van der Waals surface area contributed by atoms with E-state index in [1.165, 1.54) is 25.7 Å². The molecule has 0 aromatic heterocycles. The number of rotatable bonds is 10. The lowest BCUT2D eigenvalue weighted by atomic mass is 9.78. The molecule has 2 aromatic carbocycles. The Morgan fingerprint density at radius 3 is 2.00 bits per heavy atom. The van der Waals surface area contributed by atoms with Crippen LogP contribution in [0.1, 0.15) is 69.4 Å². The average Bonchev–Trinajstić information content (AvgIpc) is 3.09. The summed E-state index contributed by atoms with van der Waals surface area (Å²) >= 11 is 0. The van der Waals surface area contributed by atoms with E-state index in [-0.39, 0.29) is 0 Å². The molecule has 0 bridgehead atoms. The van der Waals surface area contributed by atoms with Gasteiger partial charge in [-0.15, -0.1) is 0 Å². The summed E-state index contributed by atoms with van der Waals surface area (Å²) in [6.45, 7) is 2.19. The zero-order valence-corrected chi connectivity index (χ0v) is 17.6. The Bertz CT molecular complexity index is 832. The molecule has 0 fully saturated rings. The van der Waals surface area contributed by atoms with E-state index in [1.807, 2.05) is 24.3 Å². The molecule has 1 N–H and O–H groups in total. The molecule has 0 unspecified atom stereocenters. The molecule has 1 aliphatic carbocycles. The Kier molecular flexibility index (Phi) is 7.57. The summed E-state index contributed by atoms with van der Waals surface area (Å²) in [6, 6.07) is 9.08. The molecular formula is C25H30F3NO. The van der Waals surface area contributed by atoms with Gasteiger partial charge in [-0.2, -0.15) is 0 Å². The van der Waals surface area contributed by atoms with Gasteiger partial charge in [0.2, 0.25) is 5.91 Å². The number of fused-ring (bicyclic) bond motifs is 1. The fourth-order valence-electron chi connectivity index (χ4n) is 4.47. The van der Waals surface area contributed by atoms with E-state index in [0.29, 0.717) is 31.4 Å². The standard InChI is InChI=1S/C25H30F3NO/c1-2-3-4-5-6-7-10-13-25(16-18-11-8-9-12-19(18)17-25)24(30)29-23-21(27)14-20(26)15-22(23)28/h8-9,11-12,14-15H,2-7,10,13,16-17H2,1H3,(H,29,30). The largest absolute Gasteiger partial charge is 0.321 e. The van der Waals surface area contributed by atoms with Crippen LogP contribution in [0.4, 0.5) is 18.9 Å². The molecule has 0 aliphatic heterocycles. The monoisotopic (exact) mass is 417 g/mol. The van der Waals surface area contributed by atoms with Gasteiger partial charge < -0.3 is 5.32 Å². The molecule has 0 atom stereocenters. The van der Waals surface area contributed by atoms with Crippen LogP contribution in [0, 0.1) is 22.9 Å². The lowest BCUT2D eigenvalue weighted by Crippen LogP contribution is -2.37. The van der Waals surface area contributed by atoms with Crippen LogP contribution in [0.25, 0.3) is 0 Å². The van der Waals surface area contributed by atoms with Crippen LogP contribution in [-0.4, -0.2) is 5.91 Å². The van der Waals surface area contributed by atoms with Crippen LogP contribution in [0.3, 0.4) is 0 Å². The van der Waals surface area contributed by atoms with Gasteiger partial charge in [0.1, 0.15) is 11.5 Å². The maximum Gasteiger partial charge on any atom is 0.231 e. The van der Waals surface area contributed by atoms with Gasteiger partial charge in [-0.1, -0.05) is 76.1 Å². The van der Waals surface area contributed by atoms with Gasteiger partial charge in [-0.25, -0.2) is 13.2 Å². The van der Waals surface area contributed by atoms with Crippen LogP contribution in [-0.2, 0) is 17.6 Å². The molecule has 0 heterocycles. The molecule has 30 heavy (non-hydrogen) atoms. The Hall–Kier alpha value is -2.30. The Morgan fingerprint density at radius 1 is 0.900 bits per heavy atom. The van der Waals surface area contributed by atoms with Crippen molar-refractivity contribution >= 4 is 11.6 Å². The highest BCUT2D eigenvalue weighted by Crippen LogP contribution is 2.42. The molecule has 0 radical (unpaired) electrons. The minimum absolute atomic E-state index is 0.394. The van der Waals surface area contributed by atoms with Crippen molar-refractivity contribution < 1.29 is 18.0 Å². The third-order valence-electron chi connectivity index (χ3n) is 6.16. The summed E-state index contributed by atoms with van der Waals surface area (Å²) in [5.41, 5.74) is 0.906. The summed E-state index contributed by atoms with van der Waals surface area (Å²) in [4.78, 5) is 13.3. The SMILES string of the molecule is CCCCCCCCCC1(C(=O)Nc2c(F)cc(F)cc2F)Cc2ccccc2C1. The number of carbonyl (C=O) groups is 1. The minimum Gasteiger partial charge on any atom is -0.321 e. The van der Waals surface area contributed by atoms with Gasteiger partial charge in [-0.05, 0) is 30.4 Å². The number of hydrogen-bond acceptors (Lipinski definition) is 1. The third-order valence-corrected chi connectivity index (χ3v) is 6.16. The van der Waals surface area contributed by atoms with Crippen LogP contribution in [0.5, 0.6) is 0 Å². The van der Waals surface area contributed by atoms with Gasteiger partial charge in [0, 0.05) is 12.1 Å². The molecule has 5 heteroatoms. The average molecular weight is 418 g/mol. The summed E-state index contributed by atoms with van der Waals surface area (Å²) in [5.74, 6) is -3.59. The molecule has 1 amide bonds. The van der Waals surface area contributed by atoms with Crippen LogP contribution >= 0.6 is 0 Å². The Morgan fingerprint density at radius 2 is 1.43 bits per heavy atom. The highest BCUT2D eigenvalue weighted by Gasteiger charge is 2.43. The fraction of sp³-hybridized carbons (Fsp3) is 0.480. The van der Waals surface area contributed by atoms with Crippen molar-refractivity contribution in [2.45, 2.75) is 71.1 Å². The number of anilines is 1. The van der Waals surface area contributed by atoms with E-state index in [2.05, 4.69) is 12.2 Å². The number of hydrogen-bond donors (Lipinski definition) is 1. The van der Waals surface area contributed by atoms with Crippen molar-refractivity contribution in [3.05, 3.63) is 65.0 Å². The van der Waals surface area contributed by atoms with E-state index in [0.717, 1.165) is 30.4 Å². The summed E-state index contributed by atoms with van der Waals surface area (Å²) in [6.07, 6.45) is 9.70. The van der Waals surface area contributed by atoms with Gasteiger partial charge in [0.05, 0.1) is 5.41 Å². The first-order valence-corrected chi connectivity index (χ1v) is 11.0. The summed E-state index contributed by atoms with van der Waals surface area (Å²) in [7, 11) is 0. The molecule has 162 valence electrons. The predicted octanol–water partition coefficient (Wildman–Crippen LogP) is 6.97. The van der Waals surface area contributed by atoms with Crippen molar-refractivity contribution in [2.75, 3.05) is 5.32 Å². The van der Waals surface area contributed by atoms with Crippen LogP contribution in [0.2, 0.25) is 0 Å². The van der Waals surface area contributed by atoms with Gasteiger partial charge in [-0.3, -0.25) is 4.79 Å². The van der Waals surface area contributed by atoms with Gasteiger partial charge in [0.15, 0.2) is 11.6 Å². The van der Waals surface area contributed by atoms with Crippen molar-refractivity contribution in [1.82, 2.24) is 0 Å². The Labute approximate surface area is 176 Å². The highest BCUT2D eigenvalue weighted by molar-refractivity contribution is 5.96. The first kappa shape index (κ1) is 22.4. The normalized spacial score (nSPS) is 14.5. The summed E-state index contributed by atoms with van der Waals surface area (Å²) < 4.78 is 41.4. The van der Waals surface area contributed by atoms with Crippen LogP contribution in [0.15, 0.2) is 36.4 Å². The van der Waals surface area contributed by atoms with Crippen molar-refractivity contribution in [3.8, 4) is 0 Å². The maximum atomic E-state index is 14.1. The quantitative estimate of drug-likeness (QED) is 0.416. The number of nitrogens with one attached hydrogen (secondary N) is 1. The van der Waals surface area contributed by atoms with E-state index in [1.54, 1.807) is 0 Å². The van der Waals surface area contributed by atoms with E-state index in [9.17, 15) is 18.0 Å². The van der Waals surface area contributed by atoms with Crippen molar-refractivity contribution in [1.29, 1.82) is 0 Å². The van der Waals surface area contributed by atoms with Gasteiger partial charge >= 0.3 is 0 Å². The van der Waals surface area contributed by atoms with E-state index < -0.39 is 34.5 Å². The number of benzene rings is 2. The highest BCUT2D eigenvalue weighted by atomic mass is 19.1. The van der Waals surface area contributed by atoms with E-state index in [4.69, 9.17) is 0 Å².